The summed E-state index contributed by atoms with van der Waals surface area (Å²) in [4.78, 5) is 20.5. The number of aromatic nitrogens is 1. The van der Waals surface area contributed by atoms with E-state index in [1.165, 1.54) is 4.88 Å². The van der Waals surface area contributed by atoms with Crippen LogP contribution in [-0.2, 0) is 11.3 Å². The van der Waals surface area contributed by atoms with Crippen LogP contribution >= 0.6 is 22.9 Å². The van der Waals surface area contributed by atoms with Crippen LogP contribution in [-0.4, -0.2) is 47.4 Å². The fourth-order valence-electron chi connectivity index (χ4n) is 2.54. The van der Waals surface area contributed by atoms with Gasteiger partial charge in [0.1, 0.15) is 5.15 Å². The van der Waals surface area contributed by atoms with Crippen molar-refractivity contribution in [1.82, 2.24) is 14.8 Å². The highest BCUT2D eigenvalue weighted by Crippen LogP contribution is 2.31. The van der Waals surface area contributed by atoms with Crippen molar-refractivity contribution in [2.45, 2.75) is 13.0 Å². The summed E-state index contributed by atoms with van der Waals surface area (Å²) in [6.45, 7) is 4.56. The molecular weight excluding hydrogens is 294 g/mol. The van der Waals surface area contributed by atoms with Crippen molar-refractivity contribution in [1.29, 1.82) is 0 Å². The standard InChI is InChI=1S/C14H16ClN3OS/c15-14-13-11(2-3-16-14)8-12(20-13)9-17-4-1-5-18(10-19)7-6-17/h2-3,8,10H,1,4-7,9H2. The number of halogens is 1. The van der Waals surface area contributed by atoms with Gasteiger partial charge in [0.2, 0.25) is 6.41 Å². The van der Waals surface area contributed by atoms with Gasteiger partial charge < -0.3 is 4.90 Å². The Morgan fingerprint density at radius 1 is 1.35 bits per heavy atom. The van der Waals surface area contributed by atoms with Crippen molar-refractivity contribution in [2.75, 3.05) is 26.2 Å². The molecule has 0 aliphatic carbocycles. The number of hydrogen-bond donors (Lipinski definition) is 0. The molecule has 0 N–H and O–H groups in total. The quantitative estimate of drug-likeness (QED) is 0.646. The normalized spacial score (nSPS) is 17.4. The molecule has 1 aliphatic rings. The van der Waals surface area contributed by atoms with Gasteiger partial charge in [0.15, 0.2) is 0 Å². The number of rotatable bonds is 3. The molecule has 0 spiro atoms. The molecule has 1 saturated heterocycles. The van der Waals surface area contributed by atoms with Crippen LogP contribution in [0.15, 0.2) is 18.3 Å². The van der Waals surface area contributed by atoms with E-state index in [2.05, 4.69) is 16.0 Å². The van der Waals surface area contributed by atoms with Gasteiger partial charge in [0.05, 0.1) is 4.70 Å². The van der Waals surface area contributed by atoms with E-state index in [0.29, 0.717) is 5.15 Å². The summed E-state index contributed by atoms with van der Waals surface area (Å²) in [7, 11) is 0. The predicted octanol–water partition coefficient (Wildman–Crippen LogP) is 2.61. The summed E-state index contributed by atoms with van der Waals surface area (Å²) in [5.74, 6) is 0. The van der Waals surface area contributed by atoms with Crippen molar-refractivity contribution in [3.63, 3.8) is 0 Å². The van der Waals surface area contributed by atoms with Crippen molar-refractivity contribution in [3.05, 3.63) is 28.4 Å². The lowest BCUT2D eigenvalue weighted by molar-refractivity contribution is -0.118. The molecule has 20 heavy (non-hydrogen) atoms. The zero-order valence-corrected chi connectivity index (χ0v) is 12.7. The van der Waals surface area contributed by atoms with Crippen LogP contribution in [0.3, 0.4) is 0 Å². The van der Waals surface area contributed by atoms with Gasteiger partial charge in [-0.15, -0.1) is 11.3 Å². The van der Waals surface area contributed by atoms with Crippen LogP contribution < -0.4 is 0 Å². The van der Waals surface area contributed by atoms with E-state index in [4.69, 9.17) is 11.6 Å². The molecule has 0 radical (unpaired) electrons. The first kappa shape index (κ1) is 13.8. The Kier molecular flexibility index (Phi) is 4.19. The minimum Gasteiger partial charge on any atom is -0.344 e. The molecule has 0 unspecified atom stereocenters. The molecule has 2 aromatic heterocycles. The zero-order chi connectivity index (χ0) is 13.9. The second-order valence-corrected chi connectivity index (χ2v) is 6.50. The largest absolute Gasteiger partial charge is 0.344 e. The maximum absolute atomic E-state index is 10.8. The monoisotopic (exact) mass is 309 g/mol. The molecule has 4 nitrogen and oxygen atoms in total. The first-order valence-corrected chi connectivity index (χ1v) is 7.90. The maximum atomic E-state index is 10.8. The summed E-state index contributed by atoms with van der Waals surface area (Å²) in [5.41, 5.74) is 0. The number of fused-ring (bicyclic) bond motifs is 1. The Balaban J connectivity index is 1.72. The number of carbonyl (C=O) groups excluding carboxylic acids is 1. The predicted molar refractivity (Wildman–Crippen MR) is 82.2 cm³/mol. The van der Waals surface area contributed by atoms with E-state index in [0.717, 1.165) is 55.6 Å². The van der Waals surface area contributed by atoms with Gasteiger partial charge in [0.25, 0.3) is 0 Å². The molecule has 6 heteroatoms. The van der Waals surface area contributed by atoms with Crippen molar-refractivity contribution in [3.8, 4) is 0 Å². The average Bonchev–Trinajstić information content (AvgIpc) is 2.72. The SMILES string of the molecule is O=CN1CCCN(Cc2cc3ccnc(Cl)c3s2)CC1. The number of amides is 1. The Hall–Kier alpha value is -1.17. The number of hydrogen-bond acceptors (Lipinski definition) is 4. The van der Waals surface area contributed by atoms with Gasteiger partial charge >= 0.3 is 0 Å². The summed E-state index contributed by atoms with van der Waals surface area (Å²) in [5, 5.41) is 1.75. The van der Waals surface area contributed by atoms with E-state index in [1.54, 1.807) is 17.5 Å². The molecule has 0 bridgehead atoms. The molecule has 0 aromatic carbocycles. The summed E-state index contributed by atoms with van der Waals surface area (Å²) >= 11 is 7.83. The number of nitrogens with zero attached hydrogens (tertiary/aromatic N) is 3. The van der Waals surface area contributed by atoms with Crippen molar-refractivity contribution < 1.29 is 4.79 Å². The summed E-state index contributed by atoms with van der Waals surface area (Å²) in [6, 6.07) is 4.19. The van der Waals surface area contributed by atoms with Crippen molar-refractivity contribution in [2.24, 2.45) is 0 Å². The van der Waals surface area contributed by atoms with Crippen molar-refractivity contribution >= 4 is 39.4 Å². The van der Waals surface area contributed by atoms with Gasteiger partial charge in [-0.1, -0.05) is 11.6 Å². The van der Waals surface area contributed by atoms with E-state index in [9.17, 15) is 4.79 Å². The lowest BCUT2D eigenvalue weighted by Gasteiger charge is -2.18. The molecule has 3 rings (SSSR count). The molecule has 106 valence electrons. The molecule has 1 amide bonds. The van der Waals surface area contributed by atoms with Crippen LogP contribution in [0.5, 0.6) is 0 Å². The number of carbonyl (C=O) groups is 1. The topological polar surface area (TPSA) is 36.4 Å². The molecule has 0 saturated carbocycles. The lowest BCUT2D eigenvalue weighted by Crippen LogP contribution is -2.29. The third kappa shape index (κ3) is 2.95. The van der Waals surface area contributed by atoms with Gasteiger partial charge in [-0.25, -0.2) is 4.98 Å². The molecule has 1 aliphatic heterocycles. The fourth-order valence-corrected chi connectivity index (χ4v) is 3.90. The van der Waals surface area contributed by atoms with E-state index in [-0.39, 0.29) is 0 Å². The Morgan fingerprint density at radius 3 is 3.05 bits per heavy atom. The van der Waals surface area contributed by atoms with E-state index < -0.39 is 0 Å². The number of pyridine rings is 1. The third-order valence-corrected chi connectivity index (χ3v) is 5.13. The fraction of sp³-hybridized carbons (Fsp3) is 0.429. The van der Waals surface area contributed by atoms with Gasteiger partial charge in [0, 0.05) is 43.8 Å². The van der Waals surface area contributed by atoms with Crippen LogP contribution in [0, 0.1) is 0 Å². The maximum Gasteiger partial charge on any atom is 0.209 e. The zero-order valence-electron chi connectivity index (χ0n) is 11.1. The van der Waals surface area contributed by atoms with Gasteiger partial charge in [-0.3, -0.25) is 9.69 Å². The first-order valence-electron chi connectivity index (χ1n) is 6.71. The molecule has 0 atom stereocenters. The highest BCUT2D eigenvalue weighted by atomic mass is 35.5. The Morgan fingerprint density at radius 2 is 2.25 bits per heavy atom. The van der Waals surface area contributed by atoms with Gasteiger partial charge in [-0.05, 0) is 23.9 Å². The van der Waals surface area contributed by atoms with Crippen LogP contribution in [0.2, 0.25) is 5.15 Å². The van der Waals surface area contributed by atoms with E-state index in [1.807, 2.05) is 11.0 Å². The lowest BCUT2D eigenvalue weighted by atomic mass is 10.3. The second kappa shape index (κ2) is 6.08. The summed E-state index contributed by atoms with van der Waals surface area (Å²) in [6.07, 6.45) is 3.73. The molecule has 1 fully saturated rings. The highest BCUT2D eigenvalue weighted by Gasteiger charge is 2.15. The van der Waals surface area contributed by atoms with E-state index >= 15 is 0 Å². The third-order valence-electron chi connectivity index (χ3n) is 3.59. The smallest absolute Gasteiger partial charge is 0.209 e. The Bertz CT molecular complexity index is 615. The van der Waals surface area contributed by atoms with Crippen LogP contribution in [0.1, 0.15) is 11.3 Å². The number of thiophene rings is 1. The average molecular weight is 310 g/mol. The molecule has 2 aromatic rings. The van der Waals surface area contributed by atoms with Crippen LogP contribution in [0.25, 0.3) is 10.1 Å². The van der Waals surface area contributed by atoms with Crippen LogP contribution in [0.4, 0.5) is 0 Å². The molecular formula is C14H16ClN3OS. The minimum atomic E-state index is 0.585. The Labute approximate surface area is 127 Å². The highest BCUT2D eigenvalue weighted by molar-refractivity contribution is 7.19. The van der Waals surface area contributed by atoms with Gasteiger partial charge in [-0.2, -0.15) is 0 Å². The summed E-state index contributed by atoms with van der Waals surface area (Å²) < 4.78 is 1.06. The second-order valence-electron chi connectivity index (χ2n) is 5.00. The molecule has 3 heterocycles. The minimum absolute atomic E-state index is 0.585. The first-order chi connectivity index (χ1) is 9.76.